The molecule has 1 aromatic rings. The molecule has 3 nitrogen and oxygen atoms in total. The first-order valence-electron chi connectivity index (χ1n) is 6.97. The average molecular weight is 174 g/mol. The zero-order valence-electron chi connectivity index (χ0n) is 13.9. The quantitative estimate of drug-likeness (QED) is 0.661. The molecule has 0 saturated heterocycles. The molecule has 0 aliphatic heterocycles. The third-order valence-electron chi connectivity index (χ3n) is 0.990. The Labute approximate surface area is 82.1 Å². The van der Waals surface area contributed by atoms with Crippen molar-refractivity contribution in [2.24, 2.45) is 5.73 Å². The van der Waals surface area contributed by atoms with E-state index in [1.165, 1.54) is 0 Å². The number of rotatable bonds is 3. The van der Waals surface area contributed by atoms with Crippen molar-refractivity contribution in [3.05, 3.63) is 35.8 Å². The lowest BCUT2D eigenvalue weighted by Gasteiger charge is -2.04. The predicted molar refractivity (Wildman–Crippen MR) is 45.8 cm³/mol. The van der Waals surface area contributed by atoms with E-state index in [0.29, 0.717) is 0 Å². The summed E-state index contributed by atoms with van der Waals surface area (Å²) in [7, 11) is 0. The zero-order valence-corrected chi connectivity index (χ0v) is 5.93. The molecular formula is C9H11NO2. The highest BCUT2D eigenvalue weighted by Crippen LogP contribution is 2.01. The number of hydrogen-bond donors (Lipinski definition) is 2. The summed E-state index contributed by atoms with van der Waals surface area (Å²) in [5, 5.41) is 8.81. The van der Waals surface area contributed by atoms with Crippen LogP contribution in [-0.2, 0) is 11.2 Å². The largest absolute Gasteiger partial charge is 0.480 e. The number of hydrogen-bond acceptors (Lipinski definition) is 2. The van der Waals surface area contributed by atoms with Gasteiger partial charge >= 0.3 is 5.97 Å². The standard InChI is InChI=1S/C9H11NO2/c10-8(9(11)12)6-7-4-2-1-3-5-7/h1-5,8H,6,10H2,(H,11,12)/t8-/m0/s1/i1D,2D,3D,4D,5D,6D2,8D,10+1. The van der Waals surface area contributed by atoms with Gasteiger partial charge in [0.15, 0.2) is 0 Å². The van der Waals surface area contributed by atoms with Crippen LogP contribution >= 0.6 is 0 Å². The highest BCUT2D eigenvalue weighted by molar-refractivity contribution is 5.73. The number of carbonyl (C=O) groups is 1. The minimum Gasteiger partial charge on any atom is -0.480 e. The third kappa shape index (κ3) is 2.36. The van der Waals surface area contributed by atoms with Gasteiger partial charge in [-0.25, -0.2) is 0 Å². The molecule has 0 heterocycles. The average Bonchev–Trinajstić information content (AvgIpc) is 2.33. The van der Waals surface area contributed by atoms with E-state index in [9.17, 15) is 4.79 Å². The lowest BCUT2D eigenvalue weighted by atomic mass is 10.1. The van der Waals surface area contributed by atoms with E-state index in [1.807, 2.05) is 0 Å². The van der Waals surface area contributed by atoms with Gasteiger partial charge in [-0.1, -0.05) is 30.2 Å². The smallest absolute Gasteiger partial charge is 0.320 e. The molecule has 0 spiro atoms. The van der Waals surface area contributed by atoms with Crippen molar-refractivity contribution in [2.75, 3.05) is 0 Å². The monoisotopic (exact) mass is 174 g/mol. The lowest BCUT2D eigenvalue weighted by Crippen LogP contribution is -2.32. The van der Waals surface area contributed by atoms with Crippen molar-refractivity contribution < 1.29 is 20.9 Å². The normalized spacial score (nSPS) is 25.8. The van der Waals surface area contributed by atoms with E-state index in [0.717, 1.165) is 0 Å². The maximum Gasteiger partial charge on any atom is 0.320 e. The molecule has 0 aliphatic rings. The van der Waals surface area contributed by atoms with E-state index >= 15 is 0 Å². The molecule has 0 amide bonds. The Morgan fingerprint density at radius 1 is 1.75 bits per heavy atom. The second kappa shape index (κ2) is 3.88. The van der Waals surface area contributed by atoms with Crippen LogP contribution in [0, 0.1) is 0 Å². The molecule has 0 bridgehead atoms. The molecule has 0 aliphatic carbocycles. The molecular weight excluding hydrogens is 155 g/mol. The molecule has 0 unspecified atom stereocenters. The van der Waals surface area contributed by atoms with Gasteiger partial charge in [0.2, 0.25) is 0 Å². The summed E-state index contributed by atoms with van der Waals surface area (Å²) in [6.07, 6.45) is -3.19. The number of benzene rings is 1. The summed E-state index contributed by atoms with van der Waals surface area (Å²) >= 11 is 0. The molecule has 0 radical (unpaired) electrons. The minimum atomic E-state index is -3.21. The number of aliphatic carboxylic acids is 1. The molecule has 1 aromatic carbocycles. The van der Waals surface area contributed by atoms with Gasteiger partial charge in [0.25, 0.3) is 0 Å². The van der Waals surface area contributed by atoms with Crippen molar-refractivity contribution in [3.8, 4) is 0 Å². The molecule has 1 atom stereocenters. The molecule has 64 valence electrons. The predicted octanol–water partition coefficient (Wildman–Crippen LogP) is 0.641. The van der Waals surface area contributed by atoms with Crippen LogP contribution in [0.2, 0.25) is 0 Å². The van der Waals surface area contributed by atoms with Gasteiger partial charge in [-0.3, -0.25) is 4.79 Å². The van der Waals surface area contributed by atoms with Crippen LogP contribution in [0.5, 0.6) is 0 Å². The van der Waals surface area contributed by atoms with Crippen molar-refractivity contribution in [3.63, 3.8) is 0 Å². The van der Waals surface area contributed by atoms with Crippen LogP contribution < -0.4 is 5.73 Å². The van der Waals surface area contributed by atoms with E-state index in [1.54, 1.807) is 0 Å². The molecule has 0 saturated carbocycles. The molecule has 1 rings (SSSR count). The van der Waals surface area contributed by atoms with Gasteiger partial charge in [0, 0.05) is 2.74 Å². The van der Waals surface area contributed by atoms with Gasteiger partial charge < -0.3 is 10.8 Å². The van der Waals surface area contributed by atoms with Crippen molar-refractivity contribution in [1.82, 2.24) is 0 Å². The van der Waals surface area contributed by atoms with Gasteiger partial charge in [0.05, 0.1) is 8.22 Å². The Bertz CT molecular complexity index is 557. The summed E-state index contributed by atoms with van der Waals surface area (Å²) < 4.78 is 60.0. The molecule has 0 aromatic heterocycles. The topological polar surface area (TPSA) is 63.3 Å². The fraction of sp³-hybridized carbons (Fsp3) is 0.222. The fourth-order valence-corrected chi connectivity index (χ4v) is 0.501. The Hall–Kier alpha value is -1.35. The second-order valence-electron chi connectivity index (χ2n) is 1.84. The van der Waals surface area contributed by atoms with E-state index in [4.69, 9.17) is 21.8 Å². The Morgan fingerprint density at radius 3 is 2.83 bits per heavy atom. The SMILES string of the molecule is [2H]c1c([2H])c([2H])c(C([2H])([2H])[C@]([2H])([15NH2])C(=O)O)c([2H])c1[2H]. The summed E-state index contributed by atoms with van der Waals surface area (Å²) in [6, 6.07) is -7.46. The molecule has 12 heavy (non-hydrogen) atoms. The van der Waals surface area contributed by atoms with Gasteiger partial charge in [0.1, 0.15) is 6.02 Å². The maximum absolute atomic E-state index is 10.9. The third-order valence-corrected chi connectivity index (χ3v) is 0.990. The Kier molecular flexibility index (Phi) is 0.921. The molecule has 3 heteroatoms. The highest BCUT2D eigenvalue weighted by Gasteiger charge is 2.10. The minimum absolute atomic E-state index is 0.748. The van der Waals surface area contributed by atoms with Crippen molar-refractivity contribution in [2.45, 2.75) is 12.4 Å². The maximum atomic E-state index is 10.9. The summed E-state index contributed by atoms with van der Waals surface area (Å²) in [5.74, 6) is -2.02. The summed E-state index contributed by atoms with van der Waals surface area (Å²) in [4.78, 5) is 10.9. The van der Waals surface area contributed by atoms with Crippen LogP contribution in [0.4, 0.5) is 0 Å². The van der Waals surface area contributed by atoms with Crippen LogP contribution in [-0.4, -0.2) is 17.1 Å². The van der Waals surface area contributed by atoms with Gasteiger partial charge in [-0.05, 0) is 11.9 Å². The number of carboxylic acid groups (broad SMARTS) is 1. The van der Waals surface area contributed by atoms with E-state index in [-0.39, 0.29) is 0 Å². The van der Waals surface area contributed by atoms with Gasteiger partial charge in [-0.2, -0.15) is 0 Å². The first-order valence-corrected chi connectivity index (χ1v) is 2.97. The van der Waals surface area contributed by atoms with Crippen LogP contribution in [0.3, 0.4) is 0 Å². The van der Waals surface area contributed by atoms with Crippen molar-refractivity contribution >= 4 is 5.97 Å². The Morgan fingerprint density at radius 2 is 2.33 bits per heavy atom. The summed E-state index contributed by atoms with van der Waals surface area (Å²) in [6.45, 7) is 0. The van der Waals surface area contributed by atoms with Gasteiger partial charge in [-0.15, -0.1) is 0 Å². The molecule has 3 N–H and O–H groups in total. The lowest BCUT2D eigenvalue weighted by molar-refractivity contribution is -0.138. The summed E-state index contributed by atoms with van der Waals surface area (Å²) in [5.41, 5.74) is 4.15. The Balaban J connectivity index is 3.76. The second-order valence-corrected chi connectivity index (χ2v) is 1.84. The first-order chi connectivity index (χ1) is 8.87. The van der Waals surface area contributed by atoms with Crippen molar-refractivity contribution in [1.29, 1.82) is 0 Å². The van der Waals surface area contributed by atoms with E-state index in [2.05, 4.69) is 0 Å². The van der Waals surface area contributed by atoms with Crippen LogP contribution in [0.25, 0.3) is 0 Å². The van der Waals surface area contributed by atoms with E-state index < -0.39 is 54.1 Å². The first kappa shape index (κ1) is 2.85. The number of carboxylic acids is 1. The molecule has 0 fully saturated rings. The van der Waals surface area contributed by atoms with Crippen LogP contribution in [0.15, 0.2) is 30.2 Å². The fourth-order valence-electron chi connectivity index (χ4n) is 0.501. The zero-order chi connectivity index (χ0) is 16.0. The van der Waals surface area contributed by atoms with Crippen LogP contribution in [0.1, 0.15) is 16.5 Å². The number of nitrogens with two attached hydrogens (primary N) is 1. The highest BCUT2D eigenvalue weighted by atomic mass is 16.4.